The van der Waals surface area contributed by atoms with Crippen molar-refractivity contribution in [2.75, 3.05) is 6.61 Å². The molecule has 1 aliphatic rings. The van der Waals surface area contributed by atoms with E-state index < -0.39 is 0 Å². The number of benzene rings is 1. The van der Waals surface area contributed by atoms with Crippen molar-refractivity contribution >= 4 is 15.9 Å². The minimum Gasteiger partial charge on any atom is -0.493 e. The molecule has 2 nitrogen and oxygen atoms in total. The van der Waals surface area contributed by atoms with Gasteiger partial charge in [0.15, 0.2) is 0 Å². The van der Waals surface area contributed by atoms with Crippen molar-refractivity contribution in [1.82, 2.24) is 0 Å². The summed E-state index contributed by atoms with van der Waals surface area (Å²) in [5, 5.41) is 0. The molecule has 0 fully saturated rings. The molecule has 1 aliphatic heterocycles. The van der Waals surface area contributed by atoms with Gasteiger partial charge < -0.3 is 9.15 Å². The molecule has 0 amide bonds. The summed E-state index contributed by atoms with van der Waals surface area (Å²) in [5.41, 5.74) is 5.04. The summed E-state index contributed by atoms with van der Waals surface area (Å²) in [6, 6.07) is 6.44. The molecule has 1 aromatic heterocycles. The summed E-state index contributed by atoms with van der Waals surface area (Å²) in [5.74, 6) is 3.02. The molecule has 0 spiro atoms. The second kappa shape index (κ2) is 4.71. The lowest BCUT2D eigenvalue weighted by Crippen LogP contribution is -1.96. The van der Waals surface area contributed by atoms with Crippen LogP contribution in [-0.2, 0) is 6.42 Å². The number of rotatable bonds is 2. The molecule has 3 rings (SSSR count). The van der Waals surface area contributed by atoms with E-state index in [0.717, 1.165) is 30.3 Å². The quantitative estimate of drug-likeness (QED) is 0.753. The Hall–Kier alpha value is -1.22. The Morgan fingerprint density at radius 3 is 2.63 bits per heavy atom. The van der Waals surface area contributed by atoms with Crippen LogP contribution in [0.3, 0.4) is 0 Å². The van der Waals surface area contributed by atoms with Crippen molar-refractivity contribution in [3.63, 3.8) is 0 Å². The van der Waals surface area contributed by atoms with E-state index in [1.54, 1.807) is 0 Å². The first-order valence-corrected chi connectivity index (χ1v) is 7.45. The standard InChI is InChI=1S/C16H17BrO2/c1-9-10(2)19-11(3)15(9)16(17)13-4-5-14-12(8-13)6-7-18-14/h4-5,8,16H,6-7H2,1-3H3. The highest BCUT2D eigenvalue weighted by atomic mass is 79.9. The highest BCUT2D eigenvalue weighted by Crippen LogP contribution is 2.39. The SMILES string of the molecule is Cc1oc(C)c(C(Br)c2ccc3c(c2)CCO3)c1C. The number of hydrogen-bond donors (Lipinski definition) is 0. The lowest BCUT2D eigenvalue weighted by molar-refractivity contribution is 0.357. The molecule has 0 saturated carbocycles. The van der Waals surface area contributed by atoms with Crippen molar-refractivity contribution in [2.45, 2.75) is 32.0 Å². The zero-order chi connectivity index (χ0) is 13.6. The number of fused-ring (bicyclic) bond motifs is 1. The van der Waals surface area contributed by atoms with E-state index in [-0.39, 0.29) is 4.83 Å². The molecule has 0 saturated heterocycles. The summed E-state index contributed by atoms with van der Waals surface area (Å²) in [6.07, 6.45) is 1.01. The minimum absolute atomic E-state index is 0.177. The largest absolute Gasteiger partial charge is 0.493 e. The van der Waals surface area contributed by atoms with Crippen LogP contribution in [0.1, 0.15) is 38.6 Å². The van der Waals surface area contributed by atoms with Crippen LogP contribution in [0.4, 0.5) is 0 Å². The smallest absolute Gasteiger partial charge is 0.122 e. The van der Waals surface area contributed by atoms with E-state index in [4.69, 9.17) is 9.15 Å². The molecule has 19 heavy (non-hydrogen) atoms. The molecule has 1 atom stereocenters. The average Bonchev–Trinajstić information content (AvgIpc) is 2.94. The normalized spacial score (nSPS) is 15.2. The zero-order valence-electron chi connectivity index (χ0n) is 11.4. The predicted molar refractivity (Wildman–Crippen MR) is 79.3 cm³/mol. The van der Waals surface area contributed by atoms with E-state index in [0.29, 0.717) is 0 Å². The third kappa shape index (κ3) is 2.10. The second-order valence-corrected chi connectivity index (χ2v) is 6.00. The van der Waals surface area contributed by atoms with Gasteiger partial charge >= 0.3 is 0 Å². The molecule has 2 heterocycles. The van der Waals surface area contributed by atoms with Crippen LogP contribution in [-0.4, -0.2) is 6.61 Å². The van der Waals surface area contributed by atoms with Gasteiger partial charge in [-0.25, -0.2) is 0 Å². The van der Waals surface area contributed by atoms with Crippen LogP contribution in [0.15, 0.2) is 22.6 Å². The third-order valence-electron chi connectivity index (χ3n) is 3.88. The van der Waals surface area contributed by atoms with Crippen molar-refractivity contribution in [3.05, 3.63) is 52.0 Å². The number of aryl methyl sites for hydroxylation is 2. The van der Waals surface area contributed by atoms with Crippen LogP contribution in [0.5, 0.6) is 5.75 Å². The second-order valence-electron chi connectivity index (χ2n) is 5.08. The van der Waals surface area contributed by atoms with Crippen LogP contribution < -0.4 is 4.74 Å². The number of ether oxygens (including phenoxy) is 1. The molecule has 100 valence electrons. The molecule has 0 aliphatic carbocycles. The van der Waals surface area contributed by atoms with Gasteiger partial charge in [-0.05, 0) is 43.5 Å². The highest BCUT2D eigenvalue weighted by molar-refractivity contribution is 9.09. The van der Waals surface area contributed by atoms with Gasteiger partial charge in [-0.3, -0.25) is 0 Å². The number of furan rings is 1. The monoisotopic (exact) mass is 320 g/mol. The van der Waals surface area contributed by atoms with E-state index >= 15 is 0 Å². The molecule has 0 radical (unpaired) electrons. The fraction of sp³-hybridized carbons (Fsp3) is 0.375. The van der Waals surface area contributed by atoms with Gasteiger partial charge in [-0.15, -0.1) is 0 Å². The number of hydrogen-bond acceptors (Lipinski definition) is 2. The van der Waals surface area contributed by atoms with Crippen LogP contribution in [0, 0.1) is 20.8 Å². The molecule has 0 bridgehead atoms. The molecule has 2 aromatic rings. The van der Waals surface area contributed by atoms with Crippen LogP contribution in [0.2, 0.25) is 0 Å². The average molecular weight is 321 g/mol. The minimum atomic E-state index is 0.177. The molecule has 1 unspecified atom stereocenters. The zero-order valence-corrected chi connectivity index (χ0v) is 13.0. The molecular weight excluding hydrogens is 304 g/mol. The molecule has 3 heteroatoms. The van der Waals surface area contributed by atoms with Gasteiger partial charge in [-0.1, -0.05) is 28.1 Å². The van der Waals surface area contributed by atoms with E-state index in [9.17, 15) is 0 Å². The predicted octanol–water partition coefficient (Wildman–Crippen LogP) is 4.62. The maximum Gasteiger partial charge on any atom is 0.122 e. The molecule has 1 aromatic carbocycles. The van der Waals surface area contributed by atoms with Crippen LogP contribution >= 0.6 is 15.9 Å². The lowest BCUT2D eigenvalue weighted by atomic mass is 9.99. The topological polar surface area (TPSA) is 22.4 Å². The maximum atomic E-state index is 5.73. The van der Waals surface area contributed by atoms with Gasteiger partial charge in [0.05, 0.1) is 11.4 Å². The Kier molecular flexibility index (Phi) is 3.17. The highest BCUT2D eigenvalue weighted by Gasteiger charge is 2.22. The van der Waals surface area contributed by atoms with Gasteiger partial charge in [0.2, 0.25) is 0 Å². The van der Waals surface area contributed by atoms with E-state index in [1.807, 2.05) is 13.8 Å². The first-order chi connectivity index (χ1) is 9.08. The van der Waals surface area contributed by atoms with Crippen molar-refractivity contribution in [2.24, 2.45) is 0 Å². The summed E-state index contributed by atoms with van der Waals surface area (Å²) in [6.45, 7) is 6.96. The summed E-state index contributed by atoms with van der Waals surface area (Å²) >= 11 is 3.82. The first kappa shape index (κ1) is 12.8. The van der Waals surface area contributed by atoms with E-state index in [1.165, 1.54) is 22.3 Å². The van der Waals surface area contributed by atoms with Gasteiger partial charge in [0.1, 0.15) is 17.3 Å². The van der Waals surface area contributed by atoms with Crippen LogP contribution in [0.25, 0.3) is 0 Å². The fourth-order valence-electron chi connectivity index (χ4n) is 2.71. The molecule has 0 N–H and O–H groups in total. The fourth-order valence-corrected chi connectivity index (χ4v) is 3.66. The summed E-state index contributed by atoms with van der Waals surface area (Å²) < 4.78 is 11.3. The Morgan fingerprint density at radius 2 is 1.95 bits per heavy atom. The Balaban J connectivity index is 2.02. The molecular formula is C16H17BrO2. The van der Waals surface area contributed by atoms with Crippen molar-refractivity contribution in [3.8, 4) is 5.75 Å². The van der Waals surface area contributed by atoms with Gasteiger partial charge in [-0.2, -0.15) is 0 Å². The third-order valence-corrected chi connectivity index (χ3v) is 4.86. The number of alkyl halides is 1. The Morgan fingerprint density at radius 1 is 1.16 bits per heavy atom. The first-order valence-electron chi connectivity index (χ1n) is 6.54. The Labute approximate surface area is 121 Å². The van der Waals surface area contributed by atoms with Gasteiger partial charge in [0, 0.05) is 12.0 Å². The van der Waals surface area contributed by atoms with Crippen molar-refractivity contribution in [1.29, 1.82) is 0 Å². The summed E-state index contributed by atoms with van der Waals surface area (Å²) in [7, 11) is 0. The van der Waals surface area contributed by atoms with Crippen molar-refractivity contribution < 1.29 is 9.15 Å². The maximum absolute atomic E-state index is 5.73. The Bertz CT molecular complexity index is 628. The van der Waals surface area contributed by atoms with Gasteiger partial charge in [0.25, 0.3) is 0 Å². The summed E-state index contributed by atoms with van der Waals surface area (Å²) in [4.78, 5) is 0.177. The van der Waals surface area contributed by atoms with E-state index in [2.05, 4.69) is 41.1 Å². The lowest BCUT2D eigenvalue weighted by Gasteiger charge is -2.12. The number of halogens is 1.